The van der Waals surface area contributed by atoms with Gasteiger partial charge in [-0.3, -0.25) is 19.2 Å². The zero-order valence-electron chi connectivity index (χ0n) is 11.1. The lowest BCUT2D eigenvalue weighted by Crippen LogP contribution is -2.00. The summed E-state index contributed by atoms with van der Waals surface area (Å²) < 4.78 is 0. The molecule has 8 heteroatoms. The SMILES string of the molecule is C=C.O=C(O)CCC(=O)O.O=C(O)CCCCC(=O)O. The van der Waals surface area contributed by atoms with Crippen molar-refractivity contribution in [3.63, 3.8) is 0 Å². The van der Waals surface area contributed by atoms with Gasteiger partial charge in [-0.15, -0.1) is 13.2 Å². The first-order valence-electron chi connectivity index (χ1n) is 5.63. The van der Waals surface area contributed by atoms with Crippen molar-refractivity contribution in [3.8, 4) is 0 Å². The highest BCUT2D eigenvalue weighted by molar-refractivity contribution is 5.75. The number of rotatable bonds is 8. The van der Waals surface area contributed by atoms with Crippen LogP contribution in [0.5, 0.6) is 0 Å². The van der Waals surface area contributed by atoms with E-state index in [0.29, 0.717) is 12.8 Å². The van der Waals surface area contributed by atoms with E-state index in [1.165, 1.54) is 0 Å². The number of carbonyl (C=O) groups is 4. The first-order chi connectivity index (χ1) is 9.25. The van der Waals surface area contributed by atoms with Gasteiger partial charge in [0.15, 0.2) is 0 Å². The highest BCUT2D eigenvalue weighted by Crippen LogP contribution is 1.98. The van der Waals surface area contributed by atoms with Gasteiger partial charge in [0, 0.05) is 12.8 Å². The summed E-state index contributed by atoms with van der Waals surface area (Å²) in [5.74, 6) is -3.89. The predicted molar refractivity (Wildman–Crippen MR) is 69.5 cm³/mol. The zero-order valence-corrected chi connectivity index (χ0v) is 11.1. The summed E-state index contributed by atoms with van der Waals surface area (Å²) >= 11 is 0. The van der Waals surface area contributed by atoms with Gasteiger partial charge in [-0.05, 0) is 12.8 Å². The van der Waals surface area contributed by atoms with Gasteiger partial charge < -0.3 is 20.4 Å². The zero-order chi connectivity index (χ0) is 16.6. The van der Waals surface area contributed by atoms with Gasteiger partial charge in [-0.25, -0.2) is 0 Å². The smallest absolute Gasteiger partial charge is 0.303 e. The van der Waals surface area contributed by atoms with E-state index in [-0.39, 0.29) is 25.7 Å². The first-order valence-corrected chi connectivity index (χ1v) is 5.63. The van der Waals surface area contributed by atoms with Gasteiger partial charge in [-0.2, -0.15) is 0 Å². The third kappa shape index (κ3) is 36.1. The van der Waals surface area contributed by atoms with E-state index in [1.807, 2.05) is 0 Å². The van der Waals surface area contributed by atoms with Gasteiger partial charge >= 0.3 is 23.9 Å². The van der Waals surface area contributed by atoms with Crippen molar-refractivity contribution in [2.75, 3.05) is 0 Å². The molecule has 20 heavy (non-hydrogen) atoms. The third-order valence-corrected chi connectivity index (χ3v) is 1.58. The van der Waals surface area contributed by atoms with Crippen LogP contribution in [0.25, 0.3) is 0 Å². The fourth-order valence-electron chi connectivity index (χ4n) is 0.766. The molecular weight excluding hydrogens is 272 g/mol. The third-order valence-electron chi connectivity index (χ3n) is 1.58. The maximum Gasteiger partial charge on any atom is 0.303 e. The molecule has 0 spiro atoms. The topological polar surface area (TPSA) is 149 Å². The molecular formula is C12H20O8. The van der Waals surface area contributed by atoms with Crippen molar-refractivity contribution in [2.45, 2.75) is 38.5 Å². The largest absolute Gasteiger partial charge is 0.481 e. The normalized spacial score (nSPS) is 8.20. The monoisotopic (exact) mass is 292 g/mol. The van der Waals surface area contributed by atoms with Gasteiger partial charge in [-0.1, -0.05) is 0 Å². The molecule has 0 fully saturated rings. The number of hydrogen-bond acceptors (Lipinski definition) is 4. The van der Waals surface area contributed by atoms with Crippen LogP contribution in [0, 0.1) is 0 Å². The molecule has 4 N–H and O–H groups in total. The predicted octanol–water partition coefficient (Wildman–Crippen LogP) is 1.45. The Morgan fingerprint density at radius 2 is 0.750 bits per heavy atom. The Morgan fingerprint density at radius 3 is 0.900 bits per heavy atom. The summed E-state index contributed by atoms with van der Waals surface area (Å²) in [6.45, 7) is 6.00. The van der Waals surface area contributed by atoms with Crippen molar-refractivity contribution < 1.29 is 39.6 Å². The second-order valence-corrected chi connectivity index (χ2v) is 3.28. The molecule has 0 aromatic carbocycles. The molecule has 116 valence electrons. The minimum atomic E-state index is -1.08. The molecule has 0 radical (unpaired) electrons. The minimum Gasteiger partial charge on any atom is -0.481 e. The molecule has 0 aromatic heterocycles. The Bertz CT molecular complexity index is 281. The number of carboxylic acid groups (broad SMARTS) is 4. The summed E-state index contributed by atoms with van der Waals surface area (Å²) in [7, 11) is 0. The van der Waals surface area contributed by atoms with E-state index in [9.17, 15) is 19.2 Å². The molecule has 0 bridgehead atoms. The summed E-state index contributed by atoms with van der Waals surface area (Å²) in [6.07, 6.45) is 0.425. The fourth-order valence-corrected chi connectivity index (χ4v) is 0.766. The Morgan fingerprint density at radius 1 is 0.550 bits per heavy atom. The summed E-state index contributed by atoms with van der Waals surface area (Å²) in [6, 6.07) is 0. The highest BCUT2D eigenvalue weighted by atomic mass is 16.4. The maximum absolute atomic E-state index is 9.90. The molecule has 0 aliphatic carbocycles. The average molecular weight is 292 g/mol. The van der Waals surface area contributed by atoms with Crippen LogP contribution in [-0.2, 0) is 19.2 Å². The molecule has 0 amide bonds. The average Bonchev–Trinajstić information content (AvgIpc) is 2.35. The van der Waals surface area contributed by atoms with Crippen LogP contribution in [0.15, 0.2) is 13.2 Å². The van der Waals surface area contributed by atoms with E-state index in [4.69, 9.17) is 20.4 Å². The number of hydrogen-bond donors (Lipinski definition) is 4. The summed E-state index contributed by atoms with van der Waals surface area (Å²) in [5.41, 5.74) is 0. The molecule has 0 heterocycles. The molecule has 0 atom stereocenters. The quantitative estimate of drug-likeness (QED) is 0.388. The Labute approximate surface area is 116 Å². The van der Waals surface area contributed by atoms with Crippen molar-refractivity contribution in [1.29, 1.82) is 0 Å². The van der Waals surface area contributed by atoms with Crippen LogP contribution >= 0.6 is 0 Å². The van der Waals surface area contributed by atoms with Gasteiger partial charge in [0.25, 0.3) is 0 Å². The van der Waals surface area contributed by atoms with Crippen LogP contribution in [0.4, 0.5) is 0 Å². The van der Waals surface area contributed by atoms with E-state index in [1.54, 1.807) is 0 Å². The minimum absolute atomic E-state index is 0.0628. The second-order valence-electron chi connectivity index (χ2n) is 3.28. The molecule has 0 saturated heterocycles. The lowest BCUT2D eigenvalue weighted by atomic mass is 10.2. The molecule has 0 unspecified atom stereocenters. The Hall–Kier alpha value is -2.38. The van der Waals surface area contributed by atoms with E-state index in [2.05, 4.69) is 13.2 Å². The van der Waals surface area contributed by atoms with Crippen LogP contribution < -0.4 is 0 Å². The Kier molecular flexibility index (Phi) is 18.9. The molecule has 8 nitrogen and oxygen atoms in total. The Balaban J connectivity index is -0.000000262. The van der Waals surface area contributed by atoms with Crippen molar-refractivity contribution in [3.05, 3.63) is 13.2 Å². The number of carboxylic acids is 4. The van der Waals surface area contributed by atoms with Gasteiger partial charge in [0.1, 0.15) is 0 Å². The van der Waals surface area contributed by atoms with Crippen LogP contribution in [0.1, 0.15) is 38.5 Å². The first kappa shape index (κ1) is 22.8. The van der Waals surface area contributed by atoms with E-state index < -0.39 is 23.9 Å². The summed E-state index contributed by atoms with van der Waals surface area (Å²) in [5, 5.41) is 32.1. The van der Waals surface area contributed by atoms with Crippen LogP contribution in [0.2, 0.25) is 0 Å². The van der Waals surface area contributed by atoms with Crippen molar-refractivity contribution in [1.82, 2.24) is 0 Å². The number of unbranched alkanes of at least 4 members (excludes halogenated alkanes) is 1. The number of aliphatic carboxylic acids is 4. The fraction of sp³-hybridized carbons (Fsp3) is 0.500. The van der Waals surface area contributed by atoms with Crippen LogP contribution in [0.3, 0.4) is 0 Å². The lowest BCUT2D eigenvalue weighted by molar-refractivity contribution is -0.143. The molecule has 0 saturated carbocycles. The van der Waals surface area contributed by atoms with Crippen LogP contribution in [-0.4, -0.2) is 44.3 Å². The molecule has 0 rings (SSSR count). The lowest BCUT2D eigenvalue weighted by Gasteiger charge is -1.92. The van der Waals surface area contributed by atoms with Crippen molar-refractivity contribution >= 4 is 23.9 Å². The maximum atomic E-state index is 9.90. The highest BCUT2D eigenvalue weighted by Gasteiger charge is 2.00. The van der Waals surface area contributed by atoms with E-state index >= 15 is 0 Å². The van der Waals surface area contributed by atoms with Gasteiger partial charge in [0.2, 0.25) is 0 Å². The standard InChI is InChI=1S/C6H10O4.C4H6O4.C2H4/c7-5(8)3-1-2-4-6(9)10;5-3(6)1-2-4(7)8;1-2/h1-4H2,(H,7,8)(H,9,10);1-2H2,(H,5,6)(H,7,8);1-2H2. The second kappa shape index (κ2) is 16.6. The molecule has 0 aliphatic heterocycles. The van der Waals surface area contributed by atoms with E-state index in [0.717, 1.165) is 0 Å². The molecule has 0 aromatic rings. The summed E-state index contributed by atoms with van der Waals surface area (Å²) in [4.78, 5) is 39.1. The molecule has 0 aliphatic rings. The van der Waals surface area contributed by atoms with Gasteiger partial charge in [0.05, 0.1) is 12.8 Å². The van der Waals surface area contributed by atoms with Crippen molar-refractivity contribution in [2.24, 2.45) is 0 Å².